The molecule has 2 unspecified atom stereocenters. The fourth-order valence-electron chi connectivity index (χ4n) is 7.48. The van der Waals surface area contributed by atoms with Crippen LogP contribution in [0.15, 0.2) is 154 Å². The van der Waals surface area contributed by atoms with Crippen molar-refractivity contribution in [2.24, 2.45) is 9.98 Å². The van der Waals surface area contributed by atoms with Crippen LogP contribution in [0.2, 0.25) is 0 Å². The second-order valence-corrected chi connectivity index (χ2v) is 13.1. The number of hydrogen-bond acceptors (Lipinski definition) is 4. The molecule has 0 saturated heterocycles. The summed E-state index contributed by atoms with van der Waals surface area (Å²) in [5.74, 6) is 0.219. The molecular weight excluding hydrogens is 587 g/mol. The maximum absolute atomic E-state index is 6.90. The van der Waals surface area contributed by atoms with Crippen molar-refractivity contribution < 1.29 is 4.42 Å². The van der Waals surface area contributed by atoms with Crippen LogP contribution in [0.25, 0.3) is 44.5 Å². The zero-order chi connectivity index (χ0) is 32.8. The van der Waals surface area contributed by atoms with Gasteiger partial charge in [-0.3, -0.25) is 9.98 Å². The van der Waals surface area contributed by atoms with Gasteiger partial charge in [-0.1, -0.05) is 104 Å². The van der Waals surface area contributed by atoms with E-state index in [-0.39, 0.29) is 12.0 Å². The van der Waals surface area contributed by atoms with E-state index in [4.69, 9.17) is 19.4 Å². The summed E-state index contributed by atoms with van der Waals surface area (Å²) in [6.45, 7) is 12.8. The van der Waals surface area contributed by atoms with Gasteiger partial charge in [-0.05, 0) is 79.3 Å². The Bertz CT molecular complexity index is 2320. The lowest BCUT2D eigenvalue weighted by molar-refractivity contribution is 0.490. The number of nitrogens with zero attached hydrogens (tertiary/aromatic N) is 3. The van der Waals surface area contributed by atoms with Crippen LogP contribution in [0.4, 0.5) is 0 Å². The van der Waals surface area contributed by atoms with Gasteiger partial charge in [0.2, 0.25) is 5.71 Å². The molecule has 2 atom stereocenters. The Kier molecular flexibility index (Phi) is 7.57. The molecule has 6 aromatic rings. The predicted octanol–water partition coefficient (Wildman–Crippen LogP) is 11.1. The molecule has 0 amide bonds. The van der Waals surface area contributed by atoms with Crippen molar-refractivity contribution in [3.63, 3.8) is 0 Å². The van der Waals surface area contributed by atoms with Crippen molar-refractivity contribution in [1.29, 1.82) is 0 Å². The number of aryl methyl sites for hydroxylation is 1. The lowest BCUT2D eigenvalue weighted by Crippen LogP contribution is -2.27. The summed E-state index contributed by atoms with van der Waals surface area (Å²) in [4.78, 5) is 15.6. The highest BCUT2D eigenvalue weighted by atomic mass is 16.3. The third-order valence-electron chi connectivity index (χ3n) is 9.57. The van der Waals surface area contributed by atoms with E-state index in [9.17, 15) is 0 Å². The highest BCUT2D eigenvalue weighted by Gasteiger charge is 2.32. The Morgan fingerprint density at radius 1 is 0.833 bits per heavy atom. The third kappa shape index (κ3) is 5.24. The van der Waals surface area contributed by atoms with Crippen molar-refractivity contribution in [2.45, 2.75) is 45.1 Å². The van der Waals surface area contributed by atoms with E-state index >= 15 is 0 Å². The maximum Gasteiger partial charge on any atom is 0.227 e. The minimum atomic E-state index is 0.0304. The first-order valence-electron chi connectivity index (χ1n) is 16.7. The first kappa shape index (κ1) is 29.8. The topological polar surface area (TPSA) is 50.8 Å². The highest BCUT2D eigenvalue weighted by molar-refractivity contribution is 6.23. The van der Waals surface area contributed by atoms with E-state index in [1.54, 1.807) is 0 Å². The summed E-state index contributed by atoms with van der Waals surface area (Å²) in [5, 5.41) is 2.05. The summed E-state index contributed by atoms with van der Waals surface area (Å²) in [6, 6.07) is 36.2. The van der Waals surface area contributed by atoms with Crippen LogP contribution in [0, 0.1) is 0 Å². The molecule has 4 heteroatoms. The van der Waals surface area contributed by atoms with Gasteiger partial charge in [0, 0.05) is 45.5 Å². The molecule has 4 nitrogen and oxygen atoms in total. The minimum Gasteiger partial charge on any atom is -0.437 e. The van der Waals surface area contributed by atoms with Crippen molar-refractivity contribution in [3.05, 3.63) is 162 Å². The number of pyridine rings is 1. The van der Waals surface area contributed by atoms with Crippen LogP contribution in [0.3, 0.4) is 0 Å². The predicted molar refractivity (Wildman–Crippen MR) is 200 cm³/mol. The summed E-state index contributed by atoms with van der Waals surface area (Å²) in [7, 11) is 0. The number of aliphatic imine (C=N–C) groups is 2. The fraction of sp³-hybridized carbons (Fsp3) is 0.159. The van der Waals surface area contributed by atoms with E-state index in [0.29, 0.717) is 12.1 Å². The smallest absolute Gasteiger partial charge is 0.227 e. The average molecular weight is 624 g/mol. The molecule has 48 heavy (non-hydrogen) atoms. The van der Waals surface area contributed by atoms with E-state index in [1.807, 2.05) is 24.3 Å². The molecular formula is C44H37N3O. The van der Waals surface area contributed by atoms with Gasteiger partial charge >= 0.3 is 0 Å². The first-order chi connectivity index (χ1) is 23.5. The SMILES string of the molecule is C=CC1=NC2CC(=C)N=C(C=C(C)C)c3c(cc(-c4ccccc4)c4c3oc3nc(-c5ccccc5)ccc34)CCC2c2ccccc21. The Labute approximate surface area is 281 Å². The van der Waals surface area contributed by atoms with Gasteiger partial charge in [0.25, 0.3) is 0 Å². The number of hydrogen-bond donors (Lipinski definition) is 0. The van der Waals surface area contributed by atoms with Crippen LogP contribution in [0.5, 0.6) is 0 Å². The van der Waals surface area contributed by atoms with Crippen LogP contribution >= 0.6 is 0 Å². The summed E-state index contributed by atoms with van der Waals surface area (Å²) in [6.07, 6.45) is 6.47. The van der Waals surface area contributed by atoms with E-state index in [2.05, 4.69) is 118 Å². The molecule has 2 aliphatic rings. The number of furan rings is 1. The normalized spacial score (nSPS) is 17.5. The molecule has 4 heterocycles. The second-order valence-electron chi connectivity index (χ2n) is 13.1. The van der Waals surface area contributed by atoms with Gasteiger partial charge in [-0.25, -0.2) is 4.98 Å². The van der Waals surface area contributed by atoms with E-state index in [0.717, 1.165) is 79.8 Å². The second kappa shape index (κ2) is 12.2. The number of rotatable bonds is 4. The van der Waals surface area contributed by atoms with Gasteiger partial charge in [-0.15, -0.1) is 0 Å². The number of fused-ring (bicyclic) bond motifs is 8. The van der Waals surface area contributed by atoms with E-state index < -0.39 is 0 Å². The molecule has 2 aromatic heterocycles. The monoisotopic (exact) mass is 623 g/mol. The Morgan fingerprint density at radius 2 is 1.56 bits per heavy atom. The lowest BCUT2D eigenvalue weighted by Gasteiger charge is -2.32. The molecule has 234 valence electrons. The standard InChI is InChI=1S/C44H37N3O/c1-5-37-33-19-13-12-18-32(33)34-21-20-31-26-36(29-14-8-6-9-15-29)42-35-22-23-38(30-16-10-7-11-17-30)47-44(35)48-43(42)41(31)40(24-27(2)3)45-28(4)25-39(34)46-37/h5-19,22-24,26,34,39H,1,4,20-21,25H2,2-3H3. The van der Waals surface area contributed by atoms with Gasteiger partial charge in [0.15, 0.2) is 0 Å². The molecule has 0 spiro atoms. The van der Waals surface area contributed by atoms with Crippen molar-refractivity contribution >= 4 is 33.5 Å². The Hall–Kier alpha value is -5.61. The van der Waals surface area contributed by atoms with Crippen LogP contribution in [-0.4, -0.2) is 22.4 Å². The lowest BCUT2D eigenvalue weighted by atomic mass is 9.78. The Morgan fingerprint density at radius 3 is 2.31 bits per heavy atom. The van der Waals surface area contributed by atoms with Crippen LogP contribution in [0.1, 0.15) is 54.9 Å². The third-order valence-corrected chi connectivity index (χ3v) is 9.57. The van der Waals surface area contributed by atoms with Crippen molar-refractivity contribution in [1.82, 2.24) is 4.98 Å². The number of aromatic nitrogens is 1. The van der Waals surface area contributed by atoms with Gasteiger partial charge in [0.05, 0.1) is 23.2 Å². The quantitative estimate of drug-likeness (QED) is 0.196. The average Bonchev–Trinajstić information content (AvgIpc) is 3.49. The summed E-state index contributed by atoms with van der Waals surface area (Å²) >= 11 is 0. The van der Waals surface area contributed by atoms with Gasteiger partial charge in [0.1, 0.15) is 5.58 Å². The molecule has 0 radical (unpaired) electrons. The molecule has 0 aliphatic carbocycles. The summed E-state index contributed by atoms with van der Waals surface area (Å²) in [5.41, 5.74) is 14.1. The van der Waals surface area contributed by atoms with Crippen molar-refractivity contribution in [2.75, 3.05) is 0 Å². The first-order valence-corrected chi connectivity index (χ1v) is 16.7. The zero-order valence-electron chi connectivity index (χ0n) is 27.4. The van der Waals surface area contributed by atoms with Gasteiger partial charge in [-0.2, -0.15) is 0 Å². The molecule has 0 bridgehead atoms. The Balaban J connectivity index is 1.41. The van der Waals surface area contributed by atoms with Crippen molar-refractivity contribution in [3.8, 4) is 22.4 Å². The van der Waals surface area contributed by atoms with E-state index in [1.165, 1.54) is 16.7 Å². The van der Waals surface area contributed by atoms with Crippen LogP contribution in [-0.2, 0) is 6.42 Å². The van der Waals surface area contributed by atoms with Gasteiger partial charge < -0.3 is 4.42 Å². The molecule has 2 aliphatic heterocycles. The summed E-state index contributed by atoms with van der Waals surface area (Å²) < 4.78 is 6.90. The molecule has 8 rings (SSSR count). The molecule has 4 aromatic carbocycles. The largest absolute Gasteiger partial charge is 0.437 e. The number of benzene rings is 4. The maximum atomic E-state index is 6.90. The molecule has 0 fully saturated rings. The zero-order valence-corrected chi connectivity index (χ0v) is 27.4. The molecule has 0 N–H and O–H groups in total. The van der Waals surface area contributed by atoms with Crippen LogP contribution < -0.4 is 0 Å². The highest BCUT2D eigenvalue weighted by Crippen LogP contribution is 2.44. The molecule has 0 saturated carbocycles. The minimum absolute atomic E-state index is 0.0304. The number of allylic oxidation sites excluding steroid dienone is 3. The fourth-order valence-corrected chi connectivity index (χ4v) is 7.48.